The molecule has 0 bridgehead atoms. The summed E-state index contributed by atoms with van der Waals surface area (Å²) in [6.07, 6.45) is 4.44. The van der Waals surface area contributed by atoms with Gasteiger partial charge in [-0.2, -0.15) is 0 Å². The van der Waals surface area contributed by atoms with E-state index in [0.29, 0.717) is 12.2 Å². The molecule has 1 unspecified atom stereocenters. The molecule has 0 spiro atoms. The van der Waals surface area contributed by atoms with Crippen molar-refractivity contribution >= 4 is 17.8 Å². The second-order valence-corrected chi connectivity index (χ2v) is 7.07. The summed E-state index contributed by atoms with van der Waals surface area (Å²) in [6.45, 7) is 2.66. The van der Waals surface area contributed by atoms with Gasteiger partial charge in [0.1, 0.15) is 6.54 Å². The second-order valence-electron chi connectivity index (χ2n) is 7.07. The molecule has 0 N–H and O–H groups in total. The fourth-order valence-corrected chi connectivity index (χ4v) is 3.21. The zero-order chi connectivity index (χ0) is 21.5. The van der Waals surface area contributed by atoms with Gasteiger partial charge < -0.3 is 23.7 Å². The normalized spacial score (nSPS) is 17.0. The highest BCUT2D eigenvalue weighted by molar-refractivity contribution is 5.95. The SMILES string of the molecule is COC(=O)CCN1CC(OCc2ccncc2)CN(C(=O)c2occc2C)CC1=O. The highest BCUT2D eigenvalue weighted by Gasteiger charge is 2.33. The number of rotatable bonds is 7. The van der Waals surface area contributed by atoms with E-state index in [2.05, 4.69) is 9.72 Å². The second kappa shape index (κ2) is 10.0. The summed E-state index contributed by atoms with van der Waals surface area (Å²) in [5.74, 6) is -0.816. The third-order valence-corrected chi connectivity index (χ3v) is 4.92. The van der Waals surface area contributed by atoms with E-state index in [-0.39, 0.29) is 50.2 Å². The quantitative estimate of drug-likeness (QED) is 0.630. The Balaban J connectivity index is 1.75. The Labute approximate surface area is 174 Å². The van der Waals surface area contributed by atoms with E-state index in [1.165, 1.54) is 23.2 Å². The molecule has 2 aromatic rings. The highest BCUT2D eigenvalue weighted by atomic mass is 16.5. The molecule has 3 heterocycles. The summed E-state index contributed by atoms with van der Waals surface area (Å²) < 4.78 is 16.0. The first-order valence-electron chi connectivity index (χ1n) is 9.66. The predicted molar refractivity (Wildman–Crippen MR) is 105 cm³/mol. The van der Waals surface area contributed by atoms with Crippen molar-refractivity contribution in [1.82, 2.24) is 14.8 Å². The summed E-state index contributed by atoms with van der Waals surface area (Å²) in [6, 6.07) is 5.38. The van der Waals surface area contributed by atoms with Crippen LogP contribution in [-0.4, -0.2) is 72.0 Å². The molecule has 9 nitrogen and oxygen atoms in total. The van der Waals surface area contributed by atoms with Gasteiger partial charge in [-0.1, -0.05) is 0 Å². The Hall–Kier alpha value is -3.20. The number of carbonyl (C=O) groups is 3. The Bertz CT molecular complexity index is 882. The number of esters is 1. The first kappa shape index (κ1) is 21.5. The Morgan fingerprint density at radius 3 is 2.67 bits per heavy atom. The maximum Gasteiger partial charge on any atom is 0.307 e. The minimum absolute atomic E-state index is 0.0740. The zero-order valence-electron chi connectivity index (χ0n) is 17.1. The van der Waals surface area contributed by atoms with Gasteiger partial charge in [0.25, 0.3) is 5.91 Å². The van der Waals surface area contributed by atoms with E-state index < -0.39 is 12.1 Å². The standard InChI is InChI=1S/C21H25N3O6/c1-15-6-10-29-20(15)21(27)24-12-17(30-14-16-3-7-22-8-4-16)11-23(18(25)13-24)9-5-19(26)28-2/h3-4,6-8,10,17H,5,9,11-14H2,1-2H3. The molecule has 0 saturated carbocycles. The molecule has 1 atom stereocenters. The number of carbonyl (C=O) groups excluding carboxylic acids is 3. The van der Waals surface area contributed by atoms with Crippen molar-refractivity contribution in [2.75, 3.05) is 33.3 Å². The van der Waals surface area contributed by atoms with Crippen LogP contribution in [-0.2, 0) is 25.7 Å². The topological polar surface area (TPSA) is 102 Å². The number of amides is 2. The molecule has 1 fully saturated rings. The van der Waals surface area contributed by atoms with Crippen LogP contribution in [0.2, 0.25) is 0 Å². The number of furan rings is 1. The first-order chi connectivity index (χ1) is 14.5. The number of aromatic nitrogens is 1. The molecule has 2 aromatic heterocycles. The fourth-order valence-electron chi connectivity index (χ4n) is 3.21. The predicted octanol–water partition coefficient (Wildman–Crippen LogP) is 1.42. The van der Waals surface area contributed by atoms with Crippen LogP contribution in [0.5, 0.6) is 0 Å². The smallest absolute Gasteiger partial charge is 0.307 e. The molecule has 3 rings (SSSR count). The van der Waals surface area contributed by atoms with Gasteiger partial charge >= 0.3 is 5.97 Å². The van der Waals surface area contributed by atoms with Crippen LogP contribution >= 0.6 is 0 Å². The molecule has 1 aliphatic rings. The number of pyridine rings is 1. The van der Waals surface area contributed by atoms with E-state index >= 15 is 0 Å². The molecule has 1 saturated heterocycles. The number of hydrogen-bond acceptors (Lipinski definition) is 7. The van der Waals surface area contributed by atoms with Crippen molar-refractivity contribution in [3.8, 4) is 0 Å². The number of nitrogens with zero attached hydrogens (tertiary/aromatic N) is 3. The van der Waals surface area contributed by atoms with E-state index in [1.54, 1.807) is 25.4 Å². The van der Waals surface area contributed by atoms with Crippen LogP contribution in [0.15, 0.2) is 41.3 Å². The number of hydrogen-bond donors (Lipinski definition) is 0. The minimum atomic E-state index is -0.429. The molecular formula is C21H25N3O6. The Morgan fingerprint density at radius 2 is 2.00 bits per heavy atom. The molecule has 9 heteroatoms. The molecule has 0 aliphatic carbocycles. The largest absolute Gasteiger partial charge is 0.469 e. The van der Waals surface area contributed by atoms with E-state index in [0.717, 1.165) is 5.56 Å². The van der Waals surface area contributed by atoms with Gasteiger partial charge in [0.15, 0.2) is 5.76 Å². The van der Waals surface area contributed by atoms with Gasteiger partial charge in [-0.25, -0.2) is 0 Å². The molecule has 0 radical (unpaired) electrons. The third kappa shape index (κ3) is 5.44. The molecule has 1 aliphatic heterocycles. The number of methoxy groups -OCH3 is 1. The lowest BCUT2D eigenvalue weighted by molar-refractivity contribution is -0.142. The highest BCUT2D eigenvalue weighted by Crippen LogP contribution is 2.17. The van der Waals surface area contributed by atoms with Crippen LogP contribution < -0.4 is 0 Å². The van der Waals surface area contributed by atoms with Crippen molar-refractivity contribution in [1.29, 1.82) is 0 Å². The molecular weight excluding hydrogens is 390 g/mol. The minimum Gasteiger partial charge on any atom is -0.469 e. The van der Waals surface area contributed by atoms with Crippen LogP contribution in [0.3, 0.4) is 0 Å². The summed E-state index contributed by atoms with van der Waals surface area (Å²) in [5.41, 5.74) is 1.63. The lowest BCUT2D eigenvalue weighted by Gasteiger charge is -2.24. The van der Waals surface area contributed by atoms with Gasteiger partial charge in [-0.15, -0.1) is 0 Å². The number of aryl methyl sites for hydroxylation is 1. The summed E-state index contributed by atoms with van der Waals surface area (Å²) in [4.78, 5) is 44.2. The van der Waals surface area contributed by atoms with Crippen molar-refractivity contribution in [2.24, 2.45) is 0 Å². The van der Waals surface area contributed by atoms with Crippen molar-refractivity contribution in [3.05, 3.63) is 53.7 Å². The van der Waals surface area contributed by atoms with E-state index in [9.17, 15) is 14.4 Å². The van der Waals surface area contributed by atoms with Crippen molar-refractivity contribution in [2.45, 2.75) is 26.1 Å². The average Bonchev–Trinajstić information content (AvgIpc) is 3.12. The summed E-state index contributed by atoms with van der Waals surface area (Å²) >= 11 is 0. The summed E-state index contributed by atoms with van der Waals surface area (Å²) in [7, 11) is 1.30. The van der Waals surface area contributed by atoms with Crippen LogP contribution in [0.25, 0.3) is 0 Å². The Morgan fingerprint density at radius 1 is 1.23 bits per heavy atom. The zero-order valence-corrected chi connectivity index (χ0v) is 17.1. The Kier molecular flexibility index (Phi) is 7.18. The van der Waals surface area contributed by atoms with Crippen LogP contribution in [0.1, 0.15) is 28.1 Å². The fraction of sp³-hybridized carbons (Fsp3) is 0.429. The van der Waals surface area contributed by atoms with E-state index in [1.807, 2.05) is 12.1 Å². The van der Waals surface area contributed by atoms with Gasteiger partial charge in [0, 0.05) is 37.6 Å². The average molecular weight is 415 g/mol. The maximum absolute atomic E-state index is 12.9. The number of ether oxygens (including phenoxy) is 2. The lowest BCUT2D eigenvalue weighted by atomic mass is 10.2. The molecule has 0 aromatic carbocycles. The molecule has 160 valence electrons. The lowest BCUT2D eigenvalue weighted by Crippen LogP contribution is -2.40. The molecule has 2 amide bonds. The first-order valence-corrected chi connectivity index (χ1v) is 9.66. The van der Waals surface area contributed by atoms with Crippen LogP contribution in [0, 0.1) is 6.92 Å². The van der Waals surface area contributed by atoms with Crippen molar-refractivity contribution < 1.29 is 28.3 Å². The molecule has 30 heavy (non-hydrogen) atoms. The van der Waals surface area contributed by atoms with Crippen LogP contribution in [0.4, 0.5) is 0 Å². The monoisotopic (exact) mass is 415 g/mol. The van der Waals surface area contributed by atoms with E-state index in [4.69, 9.17) is 9.15 Å². The van der Waals surface area contributed by atoms with Gasteiger partial charge in [0.05, 0.1) is 32.5 Å². The van der Waals surface area contributed by atoms with Gasteiger partial charge in [-0.3, -0.25) is 19.4 Å². The van der Waals surface area contributed by atoms with Gasteiger partial charge in [0.2, 0.25) is 5.91 Å². The third-order valence-electron chi connectivity index (χ3n) is 4.92. The van der Waals surface area contributed by atoms with Gasteiger partial charge in [-0.05, 0) is 30.7 Å². The van der Waals surface area contributed by atoms with Crippen molar-refractivity contribution in [3.63, 3.8) is 0 Å². The maximum atomic E-state index is 12.9. The summed E-state index contributed by atoms with van der Waals surface area (Å²) in [5, 5.41) is 0.